The second-order valence-corrected chi connectivity index (χ2v) is 13.7. The van der Waals surface area contributed by atoms with Crippen LogP contribution in [0.1, 0.15) is 126 Å². The quantitative estimate of drug-likeness (QED) is 0.0627. The van der Waals surface area contributed by atoms with E-state index in [0.717, 1.165) is 23.1 Å². The van der Waals surface area contributed by atoms with Crippen LogP contribution in [0.5, 0.6) is 0 Å². The fourth-order valence-corrected chi connectivity index (χ4v) is 7.31. The van der Waals surface area contributed by atoms with Crippen molar-refractivity contribution in [1.82, 2.24) is 0 Å². The number of hydrogen-bond acceptors (Lipinski definition) is 5. The van der Waals surface area contributed by atoms with Gasteiger partial charge < -0.3 is 23.7 Å². The molecule has 0 aliphatic carbocycles. The molecule has 5 nitrogen and oxygen atoms in total. The summed E-state index contributed by atoms with van der Waals surface area (Å²) in [6.45, 7) is 3.26. The summed E-state index contributed by atoms with van der Waals surface area (Å²) < 4.78 is 31.7. The van der Waals surface area contributed by atoms with E-state index < -0.39 is 11.9 Å². The van der Waals surface area contributed by atoms with Crippen molar-refractivity contribution >= 4 is 0 Å². The molecule has 0 spiro atoms. The lowest BCUT2D eigenvalue weighted by Crippen LogP contribution is -2.41. The molecule has 1 aliphatic heterocycles. The minimum Gasteiger partial charge on any atom is -0.373 e. The normalized spacial score (nSPS) is 19.4. The molecule has 0 aromatic heterocycles. The first-order valence-electron chi connectivity index (χ1n) is 19.4. The summed E-state index contributed by atoms with van der Waals surface area (Å²) in [4.78, 5) is 0. The topological polar surface area (TPSA) is 46.2 Å². The van der Waals surface area contributed by atoms with Gasteiger partial charge in [-0.2, -0.15) is 0 Å². The monoisotopic (exact) mass is 672 g/mol. The van der Waals surface area contributed by atoms with Gasteiger partial charge in [-0.05, 0) is 23.1 Å². The lowest BCUT2D eigenvalue weighted by Gasteiger charge is -2.37. The van der Waals surface area contributed by atoms with Gasteiger partial charge in [-0.15, -0.1) is 0 Å². The summed E-state index contributed by atoms with van der Waals surface area (Å²) in [5, 5.41) is 0. The zero-order valence-corrected chi connectivity index (χ0v) is 30.7. The van der Waals surface area contributed by atoms with Gasteiger partial charge in [-0.3, -0.25) is 0 Å². The molecular formula is C44H64O5. The van der Waals surface area contributed by atoms with Gasteiger partial charge in [0.25, 0.3) is 0 Å². The zero-order valence-electron chi connectivity index (χ0n) is 30.7. The third-order valence-corrected chi connectivity index (χ3v) is 10.1. The van der Waals surface area contributed by atoms with Crippen LogP contribution in [0.2, 0.25) is 0 Å². The summed E-state index contributed by atoms with van der Waals surface area (Å²) in [6.07, 6.45) is 20.1. The standard InChI is InChI=1S/C44H64O5/c1-4-5-6-7-8-9-10-11-12-13-14-15-16-17-18-28-35-47-41-40(49-43(46-3)42(41)45-2)36-48-44(37-29-22-19-23-30-37,38-31-24-20-25-32-38)39-33-26-21-27-34-39/h19-27,29-34,40-43H,4-18,28,35-36H2,1-3H3/t40-,41+,42-,43-/m1/s1. The summed E-state index contributed by atoms with van der Waals surface area (Å²) in [5.41, 5.74) is 2.34. The second kappa shape index (κ2) is 23.0. The Bertz CT molecular complexity index is 1120. The van der Waals surface area contributed by atoms with Crippen molar-refractivity contribution in [3.05, 3.63) is 108 Å². The maximum atomic E-state index is 7.11. The molecule has 3 aromatic carbocycles. The van der Waals surface area contributed by atoms with Crippen LogP contribution in [0.25, 0.3) is 0 Å². The fourth-order valence-electron chi connectivity index (χ4n) is 7.31. The lowest BCUT2D eigenvalue weighted by atomic mass is 9.80. The van der Waals surface area contributed by atoms with E-state index in [9.17, 15) is 0 Å². The molecule has 0 bridgehead atoms. The molecule has 0 N–H and O–H groups in total. The summed E-state index contributed by atoms with van der Waals surface area (Å²) in [5.74, 6) is 0. The van der Waals surface area contributed by atoms with Crippen LogP contribution in [-0.2, 0) is 29.3 Å². The SMILES string of the molecule is CCCCCCCCCCCCCCCCCCO[C@@H]1[C@@H](OC)[C@H](OC)O[C@@H]1COC(c1ccccc1)(c1ccccc1)c1ccccc1. The Hall–Kier alpha value is -2.54. The lowest BCUT2D eigenvalue weighted by molar-refractivity contribution is -0.166. The zero-order chi connectivity index (χ0) is 34.4. The predicted octanol–water partition coefficient (Wildman–Crippen LogP) is 11.0. The van der Waals surface area contributed by atoms with Gasteiger partial charge in [0.1, 0.15) is 23.9 Å². The van der Waals surface area contributed by atoms with Gasteiger partial charge in [-0.25, -0.2) is 0 Å². The van der Waals surface area contributed by atoms with Crippen LogP contribution in [0.3, 0.4) is 0 Å². The Morgan fingerprint density at radius 2 is 0.918 bits per heavy atom. The number of ether oxygens (including phenoxy) is 5. The molecular weight excluding hydrogens is 608 g/mol. The van der Waals surface area contributed by atoms with Gasteiger partial charge >= 0.3 is 0 Å². The molecule has 5 heteroatoms. The Kier molecular flexibility index (Phi) is 18.5. The number of methoxy groups -OCH3 is 2. The van der Waals surface area contributed by atoms with Gasteiger partial charge in [0.05, 0.1) is 6.61 Å². The van der Waals surface area contributed by atoms with Gasteiger partial charge in [-0.1, -0.05) is 194 Å². The summed E-state index contributed by atoms with van der Waals surface area (Å²) >= 11 is 0. The molecule has 1 heterocycles. The Morgan fingerprint density at radius 3 is 1.31 bits per heavy atom. The molecule has 1 fully saturated rings. The number of benzene rings is 3. The van der Waals surface area contributed by atoms with Crippen molar-refractivity contribution in [2.45, 2.75) is 140 Å². The van der Waals surface area contributed by atoms with Crippen LogP contribution in [-0.4, -0.2) is 52.0 Å². The van der Waals surface area contributed by atoms with E-state index in [1.54, 1.807) is 14.2 Å². The van der Waals surface area contributed by atoms with E-state index >= 15 is 0 Å². The van der Waals surface area contributed by atoms with E-state index in [4.69, 9.17) is 23.7 Å². The first-order valence-corrected chi connectivity index (χ1v) is 19.4. The van der Waals surface area contributed by atoms with Crippen molar-refractivity contribution < 1.29 is 23.7 Å². The molecule has 0 saturated carbocycles. The summed E-state index contributed by atoms with van der Waals surface area (Å²) in [7, 11) is 3.37. The molecule has 4 rings (SSSR count). The maximum Gasteiger partial charge on any atom is 0.186 e. The fraction of sp³-hybridized carbons (Fsp3) is 0.591. The largest absolute Gasteiger partial charge is 0.373 e. The summed E-state index contributed by atoms with van der Waals surface area (Å²) in [6, 6.07) is 31.3. The van der Waals surface area contributed by atoms with E-state index in [1.165, 1.54) is 96.3 Å². The van der Waals surface area contributed by atoms with Crippen molar-refractivity contribution in [1.29, 1.82) is 0 Å². The molecule has 1 saturated heterocycles. The van der Waals surface area contributed by atoms with Crippen LogP contribution in [0.15, 0.2) is 91.0 Å². The highest BCUT2D eigenvalue weighted by Gasteiger charge is 2.48. The molecule has 0 unspecified atom stereocenters. The molecule has 0 radical (unpaired) electrons. The van der Waals surface area contributed by atoms with Crippen molar-refractivity contribution in [3.63, 3.8) is 0 Å². The van der Waals surface area contributed by atoms with E-state index in [-0.39, 0.29) is 18.3 Å². The van der Waals surface area contributed by atoms with E-state index in [1.807, 2.05) is 18.2 Å². The first-order chi connectivity index (χ1) is 24.2. The minimum atomic E-state index is -0.834. The van der Waals surface area contributed by atoms with Gasteiger partial charge in [0.15, 0.2) is 6.29 Å². The van der Waals surface area contributed by atoms with Crippen molar-refractivity contribution in [2.75, 3.05) is 27.4 Å². The van der Waals surface area contributed by atoms with Crippen LogP contribution in [0.4, 0.5) is 0 Å². The number of unbranched alkanes of at least 4 members (excludes halogenated alkanes) is 15. The van der Waals surface area contributed by atoms with Crippen molar-refractivity contribution in [2.24, 2.45) is 0 Å². The average Bonchev–Trinajstić information content (AvgIpc) is 3.50. The highest BCUT2D eigenvalue weighted by Crippen LogP contribution is 2.41. The number of hydrogen-bond donors (Lipinski definition) is 0. The maximum absolute atomic E-state index is 7.11. The molecule has 1 aliphatic rings. The van der Waals surface area contributed by atoms with Crippen LogP contribution >= 0.6 is 0 Å². The molecule has 0 amide bonds. The Balaban J connectivity index is 1.26. The Labute approximate surface area is 298 Å². The number of rotatable bonds is 26. The second-order valence-electron chi connectivity index (χ2n) is 13.7. The Morgan fingerprint density at radius 1 is 0.510 bits per heavy atom. The van der Waals surface area contributed by atoms with Crippen molar-refractivity contribution in [3.8, 4) is 0 Å². The average molecular weight is 673 g/mol. The van der Waals surface area contributed by atoms with Crippen LogP contribution in [0, 0.1) is 0 Å². The first kappa shape index (κ1) is 39.2. The molecule has 4 atom stereocenters. The third kappa shape index (κ3) is 12.0. The molecule has 49 heavy (non-hydrogen) atoms. The molecule has 270 valence electrons. The third-order valence-electron chi connectivity index (χ3n) is 10.1. The smallest absolute Gasteiger partial charge is 0.186 e. The molecule has 3 aromatic rings. The van der Waals surface area contributed by atoms with Gasteiger partial charge in [0.2, 0.25) is 0 Å². The highest BCUT2D eigenvalue weighted by atomic mass is 16.7. The minimum absolute atomic E-state index is 0.300. The van der Waals surface area contributed by atoms with E-state index in [0.29, 0.717) is 13.2 Å². The van der Waals surface area contributed by atoms with Crippen LogP contribution < -0.4 is 0 Å². The van der Waals surface area contributed by atoms with Gasteiger partial charge in [0, 0.05) is 20.8 Å². The predicted molar refractivity (Wildman–Crippen MR) is 201 cm³/mol. The highest BCUT2D eigenvalue weighted by molar-refractivity contribution is 5.47. The van der Waals surface area contributed by atoms with E-state index in [2.05, 4.69) is 79.7 Å².